The molecule has 0 aliphatic carbocycles. The first-order chi connectivity index (χ1) is 8.06. The van der Waals surface area contributed by atoms with Gasteiger partial charge in [-0.2, -0.15) is 0 Å². The van der Waals surface area contributed by atoms with Crippen molar-refractivity contribution in [2.24, 2.45) is 4.99 Å². The van der Waals surface area contributed by atoms with Gasteiger partial charge >= 0.3 is 5.97 Å². The molecule has 0 aromatic carbocycles. The molecule has 0 fully saturated rings. The first-order valence-electron chi connectivity index (χ1n) is 6.87. The molecular formula is C14H25NO2. The van der Waals surface area contributed by atoms with Crippen molar-refractivity contribution in [2.45, 2.75) is 77.7 Å². The number of ether oxygens (including phenoxy) is 1. The highest BCUT2D eigenvalue weighted by Crippen LogP contribution is 2.21. The molecule has 0 atom stereocenters. The Kier molecular flexibility index (Phi) is 5.66. The van der Waals surface area contributed by atoms with Crippen LogP contribution in [0.3, 0.4) is 0 Å². The number of nitrogens with zero attached hydrogens (tertiary/aromatic N) is 1. The van der Waals surface area contributed by atoms with E-state index in [1.54, 1.807) is 13.8 Å². The fourth-order valence-corrected chi connectivity index (χ4v) is 1.95. The second-order valence-corrected chi connectivity index (χ2v) is 5.33. The van der Waals surface area contributed by atoms with Gasteiger partial charge in [0, 0.05) is 6.42 Å². The Balaban J connectivity index is 2.06. The van der Waals surface area contributed by atoms with E-state index in [4.69, 9.17) is 4.74 Å². The number of hydrogen-bond donors (Lipinski definition) is 0. The molecular weight excluding hydrogens is 214 g/mol. The third-order valence-electron chi connectivity index (χ3n) is 3.11. The van der Waals surface area contributed by atoms with Crippen molar-refractivity contribution < 1.29 is 9.53 Å². The first-order valence-corrected chi connectivity index (χ1v) is 6.87. The Morgan fingerprint density at radius 2 is 1.65 bits per heavy atom. The lowest BCUT2D eigenvalue weighted by atomic mass is 10.1. The number of esters is 1. The minimum Gasteiger partial charge on any atom is -0.410 e. The van der Waals surface area contributed by atoms with Gasteiger partial charge < -0.3 is 4.74 Å². The predicted octanol–water partition coefficient (Wildman–Crippen LogP) is 3.86. The molecule has 0 saturated heterocycles. The molecule has 0 unspecified atom stereocenters. The van der Waals surface area contributed by atoms with E-state index >= 15 is 0 Å². The molecule has 0 aromatic heterocycles. The summed E-state index contributed by atoms with van der Waals surface area (Å²) in [4.78, 5) is 15.7. The summed E-state index contributed by atoms with van der Waals surface area (Å²) in [5, 5.41) is 0. The lowest BCUT2D eigenvalue weighted by Crippen LogP contribution is -2.25. The standard InChI is InChI=1S/C14H25NO2/c1-4-5-6-7-8-9-10-11-12-15-14(2,3)13(16)17-12/h4-11H2,1-3H3. The van der Waals surface area contributed by atoms with E-state index in [2.05, 4.69) is 11.9 Å². The quantitative estimate of drug-likeness (QED) is 0.476. The SMILES string of the molecule is CCCCCCCCCC1=NC(C)(C)C(=O)O1. The van der Waals surface area contributed by atoms with Crippen molar-refractivity contribution in [3.05, 3.63) is 0 Å². The molecule has 17 heavy (non-hydrogen) atoms. The highest BCUT2D eigenvalue weighted by molar-refractivity contribution is 5.99. The van der Waals surface area contributed by atoms with E-state index < -0.39 is 5.54 Å². The van der Waals surface area contributed by atoms with Gasteiger partial charge in [0.25, 0.3) is 0 Å². The minimum atomic E-state index is -0.656. The van der Waals surface area contributed by atoms with E-state index in [1.165, 1.54) is 38.5 Å². The van der Waals surface area contributed by atoms with Gasteiger partial charge in [0.05, 0.1) is 0 Å². The number of hydrogen-bond acceptors (Lipinski definition) is 3. The zero-order valence-electron chi connectivity index (χ0n) is 11.4. The van der Waals surface area contributed by atoms with Gasteiger partial charge in [0.15, 0.2) is 11.4 Å². The van der Waals surface area contributed by atoms with Gasteiger partial charge in [-0.1, -0.05) is 45.4 Å². The van der Waals surface area contributed by atoms with E-state index in [1.807, 2.05) is 0 Å². The van der Waals surface area contributed by atoms with Crippen molar-refractivity contribution in [1.82, 2.24) is 0 Å². The molecule has 3 nitrogen and oxygen atoms in total. The van der Waals surface area contributed by atoms with Crippen molar-refractivity contribution in [3.63, 3.8) is 0 Å². The average molecular weight is 239 g/mol. The molecule has 0 N–H and O–H groups in total. The number of aliphatic imine (C=N–C) groups is 1. The van der Waals surface area contributed by atoms with Crippen LogP contribution in [0.5, 0.6) is 0 Å². The van der Waals surface area contributed by atoms with Crippen molar-refractivity contribution in [3.8, 4) is 0 Å². The summed E-state index contributed by atoms with van der Waals surface area (Å²) in [6.07, 6.45) is 9.69. The van der Waals surface area contributed by atoms with E-state index in [0.717, 1.165) is 12.8 Å². The Bertz CT molecular complexity index is 282. The molecule has 0 bridgehead atoms. The molecule has 3 heteroatoms. The summed E-state index contributed by atoms with van der Waals surface area (Å²) in [6, 6.07) is 0. The normalized spacial score (nSPS) is 18.1. The summed E-state index contributed by atoms with van der Waals surface area (Å²) in [5.74, 6) is 0.420. The molecule has 0 radical (unpaired) electrons. The van der Waals surface area contributed by atoms with E-state index in [0.29, 0.717) is 5.90 Å². The molecule has 1 aliphatic heterocycles. The summed E-state index contributed by atoms with van der Waals surface area (Å²) in [7, 11) is 0. The molecule has 1 aliphatic rings. The second kappa shape index (κ2) is 6.77. The molecule has 0 amide bonds. The third kappa shape index (κ3) is 4.88. The van der Waals surface area contributed by atoms with Gasteiger partial charge in [-0.3, -0.25) is 0 Å². The number of carbonyl (C=O) groups excluding carboxylic acids is 1. The van der Waals surface area contributed by atoms with Crippen LogP contribution >= 0.6 is 0 Å². The monoisotopic (exact) mass is 239 g/mol. The Morgan fingerprint density at radius 3 is 2.18 bits per heavy atom. The summed E-state index contributed by atoms with van der Waals surface area (Å²) >= 11 is 0. The maximum absolute atomic E-state index is 11.4. The smallest absolute Gasteiger partial charge is 0.340 e. The average Bonchev–Trinajstić information content (AvgIpc) is 2.51. The Hall–Kier alpha value is -0.860. The van der Waals surface area contributed by atoms with Crippen LogP contribution in [0.4, 0.5) is 0 Å². The van der Waals surface area contributed by atoms with Crippen LogP contribution < -0.4 is 0 Å². The van der Waals surface area contributed by atoms with Gasteiger partial charge in [0.1, 0.15) is 0 Å². The molecule has 0 saturated carbocycles. The van der Waals surface area contributed by atoms with Gasteiger partial charge in [0.2, 0.25) is 0 Å². The van der Waals surface area contributed by atoms with Crippen molar-refractivity contribution in [1.29, 1.82) is 0 Å². The predicted molar refractivity (Wildman–Crippen MR) is 70.2 cm³/mol. The molecule has 0 spiro atoms. The van der Waals surface area contributed by atoms with Gasteiger partial charge in [-0.05, 0) is 20.3 Å². The zero-order chi connectivity index (χ0) is 12.7. The largest absolute Gasteiger partial charge is 0.410 e. The van der Waals surface area contributed by atoms with Gasteiger partial charge in [-0.25, -0.2) is 9.79 Å². The van der Waals surface area contributed by atoms with Crippen LogP contribution in [-0.2, 0) is 9.53 Å². The number of carbonyl (C=O) groups is 1. The van der Waals surface area contributed by atoms with Crippen LogP contribution in [0.15, 0.2) is 4.99 Å². The van der Waals surface area contributed by atoms with Gasteiger partial charge in [-0.15, -0.1) is 0 Å². The van der Waals surface area contributed by atoms with Crippen LogP contribution in [0.1, 0.15) is 72.1 Å². The summed E-state index contributed by atoms with van der Waals surface area (Å²) in [5.41, 5.74) is -0.656. The second-order valence-electron chi connectivity index (χ2n) is 5.33. The van der Waals surface area contributed by atoms with Crippen molar-refractivity contribution in [2.75, 3.05) is 0 Å². The fourth-order valence-electron chi connectivity index (χ4n) is 1.95. The van der Waals surface area contributed by atoms with Crippen LogP contribution in [-0.4, -0.2) is 17.4 Å². The summed E-state index contributed by atoms with van der Waals surface area (Å²) < 4.78 is 5.13. The molecule has 1 rings (SSSR count). The molecule has 0 aromatic rings. The summed E-state index contributed by atoms with van der Waals surface area (Å²) in [6.45, 7) is 5.83. The van der Waals surface area contributed by atoms with Crippen molar-refractivity contribution >= 4 is 11.9 Å². The minimum absolute atomic E-state index is 0.213. The highest BCUT2D eigenvalue weighted by Gasteiger charge is 2.36. The highest BCUT2D eigenvalue weighted by atomic mass is 16.6. The first kappa shape index (κ1) is 14.2. The third-order valence-corrected chi connectivity index (χ3v) is 3.11. The molecule has 98 valence electrons. The zero-order valence-corrected chi connectivity index (χ0v) is 11.4. The van der Waals surface area contributed by atoms with E-state index in [9.17, 15) is 4.79 Å². The lowest BCUT2D eigenvalue weighted by Gasteiger charge is -2.05. The van der Waals surface area contributed by atoms with Crippen LogP contribution in [0, 0.1) is 0 Å². The number of unbranched alkanes of at least 4 members (excludes halogenated alkanes) is 6. The topological polar surface area (TPSA) is 38.7 Å². The fraction of sp³-hybridized carbons (Fsp3) is 0.857. The van der Waals surface area contributed by atoms with Crippen LogP contribution in [0.2, 0.25) is 0 Å². The number of cyclic esters (lactones) is 1. The maximum Gasteiger partial charge on any atom is 0.340 e. The Labute approximate surface area is 105 Å². The Morgan fingerprint density at radius 1 is 1.06 bits per heavy atom. The lowest BCUT2D eigenvalue weighted by molar-refractivity contribution is -0.138. The van der Waals surface area contributed by atoms with Crippen LogP contribution in [0.25, 0.3) is 0 Å². The van der Waals surface area contributed by atoms with E-state index in [-0.39, 0.29) is 5.97 Å². The maximum atomic E-state index is 11.4. The molecule has 1 heterocycles. The number of rotatable bonds is 8.